The van der Waals surface area contributed by atoms with Crippen LogP contribution in [-0.4, -0.2) is 62.8 Å². The summed E-state index contributed by atoms with van der Waals surface area (Å²) in [6.45, 7) is -0.534. The van der Waals surface area contributed by atoms with Gasteiger partial charge >= 0.3 is 0 Å². The third-order valence-corrected chi connectivity index (χ3v) is 2.93. The van der Waals surface area contributed by atoms with Crippen LogP contribution in [-0.2, 0) is 4.74 Å². The highest BCUT2D eigenvalue weighted by Gasteiger charge is 2.45. The monoisotopic (exact) mass is 272 g/mol. The van der Waals surface area contributed by atoms with Crippen LogP contribution in [0.4, 0.5) is 0 Å². The van der Waals surface area contributed by atoms with E-state index >= 15 is 0 Å². The topological polar surface area (TPSA) is 120 Å². The minimum Gasteiger partial charge on any atom is -0.508 e. The van der Waals surface area contributed by atoms with E-state index in [0.29, 0.717) is 0 Å². The third-order valence-electron chi connectivity index (χ3n) is 2.93. The fraction of sp³-hybridized carbons (Fsp3) is 0.500. The highest BCUT2D eigenvalue weighted by Crippen LogP contribution is 2.26. The lowest BCUT2D eigenvalue weighted by Crippen LogP contribution is -2.60. The minimum atomic E-state index is -1.50. The molecule has 5 N–H and O–H groups in total. The van der Waals surface area contributed by atoms with E-state index in [4.69, 9.17) is 14.6 Å². The molecule has 7 heteroatoms. The summed E-state index contributed by atoms with van der Waals surface area (Å²) in [7, 11) is 0. The van der Waals surface area contributed by atoms with Gasteiger partial charge in [-0.15, -0.1) is 0 Å². The Labute approximate surface area is 109 Å². The summed E-state index contributed by atoms with van der Waals surface area (Å²) in [5.41, 5.74) is 0. The lowest BCUT2D eigenvalue weighted by molar-refractivity contribution is -0.280. The molecule has 0 bridgehead atoms. The molecule has 0 unspecified atom stereocenters. The van der Waals surface area contributed by atoms with Crippen molar-refractivity contribution in [3.8, 4) is 11.5 Å². The Bertz CT molecular complexity index is 424. The van der Waals surface area contributed by atoms with Crippen molar-refractivity contribution in [1.82, 2.24) is 0 Å². The fourth-order valence-electron chi connectivity index (χ4n) is 1.91. The molecule has 0 spiro atoms. The molecule has 0 amide bonds. The Kier molecular flexibility index (Phi) is 4.23. The molecule has 0 aliphatic carbocycles. The van der Waals surface area contributed by atoms with Crippen molar-refractivity contribution >= 4 is 0 Å². The molecule has 2 rings (SSSR count). The summed E-state index contributed by atoms with van der Waals surface area (Å²) in [5, 5.41) is 47.4. The first kappa shape index (κ1) is 14.0. The largest absolute Gasteiger partial charge is 0.508 e. The highest BCUT2D eigenvalue weighted by molar-refractivity contribution is 5.32. The van der Waals surface area contributed by atoms with Crippen LogP contribution in [0.5, 0.6) is 11.5 Å². The van der Waals surface area contributed by atoms with E-state index in [1.165, 1.54) is 24.3 Å². The highest BCUT2D eigenvalue weighted by atomic mass is 16.7. The average molecular weight is 272 g/mol. The summed E-state index contributed by atoms with van der Waals surface area (Å²) < 4.78 is 10.2. The van der Waals surface area contributed by atoms with Gasteiger partial charge in [0.25, 0.3) is 0 Å². The number of aliphatic hydroxyl groups is 4. The quantitative estimate of drug-likeness (QED) is 0.457. The number of phenols is 1. The molecule has 1 saturated heterocycles. The van der Waals surface area contributed by atoms with Gasteiger partial charge in [-0.05, 0) is 12.1 Å². The van der Waals surface area contributed by atoms with Crippen molar-refractivity contribution in [2.75, 3.05) is 6.61 Å². The summed E-state index contributed by atoms with van der Waals surface area (Å²) >= 11 is 0. The van der Waals surface area contributed by atoms with Crippen LogP contribution < -0.4 is 4.74 Å². The first-order valence-corrected chi connectivity index (χ1v) is 5.79. The van der Waals surface area contributed by atoms with Gasteiger partial charge in [-0.2, -0.15) is 0 Å². The zero-order valence-electron chi connectivity index (χ0n) is 9.96. The second kappa shape index (κ2) is 5.72. The first-order chi connectivity index (χ1) is 9.02. The van der Waals surface area contributed by atoms with E-state index in [2.05, 4.69) is 0 Å². The van der Waals surface area contributed by atoms with Gasteiger partial charge in [-0.25, -0.2) is 0 Å². The van der Waals surface area contributed by atoms with Crippen LogP contribution in [0.1, 0.15) is 0 Å². The molecule has 0 radical (unpaired) electrons. The molecule has 5 atom stereocenters. The molecule has 0 saturated carbocycles. The third kappa shape index (κ3) is 2.96. The molecule has 19 heavy (non-hydrogen) atoms. The number of hydrogen-bond donors (Lipinski definition) is 5. The SMILES string of the molecule is OC[C@H]1O[C@H](O)[C@H](Oc2cccc(O)c2)[C@@H](O)[C@H]1O. The zero-order valence-corrected chi connectivity index (χ0v) is 9.96. The Morgan fingerprint density at radius 3 is 2.53 bits per heavy atom. The number of phenolic OH excluding ortho intramolecular Hbond substituents is 1. The van der Waals surface area contributed by atoms with E-state index < -0.39 is 37.3 Å². The number of aliphatic hydroxyl groups excluding tert-OH is 4. The number of rotatable bonds is 3. The normalized spacial score (nSPS) is 35.1. The van der Waals surface area contributed by atoms with Crippen molar-refractivity contribution in [2.45, 2.75) is 30.7 Å². The maximum atomic E-state index is 9.85. The second-order valence-corrected chi connectivity index (χ2v) is 4.31. The van der Waals surface area contributed by atoms with Crippen molar-refractivity contribution < 1.29 is 35.0 Å². The van der Waals surface area contributed by atoms with Crippen molar-refractivity contribution in [3.63, 3.8) is 0 Å². The van der Waals surface area contributed by atoms with Gasteiger partial charge in [0.2, 0.25) is 0 Å². The average Bonchev–Trinajstić information content (AvgIpc) is 2.39. The van der Waals surface area contributed by atoms with Gasteiger partial charge in [-0.3, -0.25) is 0 Å². The predicted octanol–water partition coefficient (Wildman–Crippen LogP) is -1.43. The molecule has 1 aliphatic heterocycles. The maximum absolute atomic E-state index is 9.85. The van der Waals surface area contributed by atoms with Crippen LogP contribution in [0.3, 0.4) is 0 Å². The van der Waals surface area contributed by atoms with Gasteiger partial charge in [0, 0.05) is 6.07 Å². The lowest BCUT2D eigenvalue weighted by atomic mass is 9.99. The van der Waals surface area contributed by atoms with Crippen LogP contribution >= 0.6 is 0 Å². The molecule has 1 aliphatic rings. The van der Waals surface area contributed by atoms with Crippen LogP contribution in [0.2, 0.25) is 0 Å². The summed E-state index contributed by atoms with van der Waals surface area (Å²) in [4.78, 5) is 0. The predicted molar refractivity (Wildman–Crippen MR) is 62.5 cm³/mol. The van der Waals surface area contributed by atoms with E-state index in [9.17, 15) is 20.4 Å². The number of ether oxygens (including phenoxy) is 2. The van der Waals surface area contributed by atoms with Crippen molar-refractivity contribution in [2.24, 2.45) is 0 Å². The number of benzene rings is 1. The van der Waals surface area contributed by atoms with Gasteiger partial charge in [-0.1, -0.05) is 6.07 Å². The smallest absolute Gasteiger partial charge is 0.195 e. The van der Waals surface area contributed by atoms with Gasteiger partial charge in [0.1, 0.15) is 29.8 Å². The zero-order chi connectivity index (χ0) is 14.0. The Morgan fingerprint density at radius 1 is 1.16 bits per heavy atom. The molecular weight excluding hydrogens is 256 g/mol. The van der Waals surface area contributed by atoms with Crippen LogP contribution in [0.15, 0.2) is 24.3 Å². The summed E-state index contributed by atoms with van der Waals surface area (Å²) in [6, 6.07) is 5.78. The number of hydrogen-bond acceptors (Lipinski definition) is 7. The van der Waals surface area contributed by atoms with Crippen molar-refractivity contribution in [3.05, 3.63) is 24.3 Å². The standard InChI is InChI=1S/C12H16O7/c13-5-8-9(15)10(16)11(12(17)19-8)18-7-3-1-2-6(14)4-7/h1-4,8-17H,5H2/t8-,9+,10+,11-,12+/m1/s1. The summed E-state index contributed by atoms with van der Waals surface area (Å²) in [5.74, 6) is 0.174. The molecule has 1 aromatic rings. The minimum absolute atomic E-state index is 0.0352. The van der Waals surface area contributed by atoms with E-state index in [1.807, 2.05) is 0 Å². The lowest BCUT2D eigenvalue weighted by Gasteiger charge is -2.39. The molecular formula is C12H16O7. The van der Waals surface area contributed by atoms with E-state index in [0.717, 1.165) is 0 Å². The van der Waals surface area contributed by atoms with Crippen LogP contribution in [0, 0.1) is 0 Å². The Balaban J connectivity index is 2.11. The van der Waals surface area contributed by atoms with Crippen LogP contribution in [0.25, 0.3) is 0 Å². The van der Waals surface area contributed by atoms with E-state index in [1.54, 1.807) is 0 Å². The van der Waals surface area contributed by atoms with E-state index in [-0.39, 0.29) is 11.5 Å². The molecule has 106 valence electrons. The molecule has 0 aromatic heterocycles. The molecule has 1 aromatic carbocycles. The molecule has 7 nitrogen and oxygen atoms in total. The summed E-state index contributed by atoms with van der Waals surface area (Å²) in [6.07, 6.45) is -6.61. The maximum Gasteiger partial charge on any atom is 0.195 e. The van der Waals surface area contributed by atoms with Gasteiger partial charge < -0.3 is 35.0 Å². The molecule has 1 fully saturated rings. The van der Waals surface area contributed by atoms with Gasteiger partial charge in [0.05, 0.1) is 6.61 Å². The van der Waals surface area contributed by atoms with Crippen molar-refractivity contribution in [1.29, 1.82) is 0 Å². The molecule has 1 heterocycles. The van der Waals surface area contributed by atoms with Gasteiger partial charge in [0.15, 0.2) is 12.4 Å². The Morgan fingerprint density at radius 2 is 1.89 bits per heavy atom. The second-order valence-electron chi connectivity index (χ2n) is 4.31. The number of aromatic hydroxyl groups is 1. The first-order valence-electron chi connectivity index (χ1n) is 5.79. The Hall–Kier alpha value is -1.38. The fourth-order valence-corrected chi connectivity index (χ4v) is 1.91.